The quantitative estimate of drug-likeness (QED) is 0.649. The van der Waals surface area contributed by atoms with E-state index in [2.05, 4.69) is 16.3 Å². The van der Waals surface area contributed by atoms with E-state index in [1.54, 1.807) is 30.3 Å². The van der Waals surface area contributed by atoms with Gasteiger partial charge in [-0.2, -0.15) is 5.26 Å². The van der Waals surface area contributed by atoms with Gasteiger partial charge in [-0.25, -0.2) is 4.39 Å². The summed E-state index contributed by atoms with van der Waals surface area (Å²) in [5.74, 6) is -0.727. The van der Waals surface area contributed by atoms with Gasteiger partial charge in [0.25, 0.3) is 0 Å². The summed E-state index contributed by atoms with van der Waals surface area (Å²) >= 11 is 12.1. The molecule has 1 atom stereocenters. The Balaban J connectivity index is 1.94. The Morgan fingerprint density at radius 3 is 2.56 bits per heavy atom. The van der Waals surface area contributed by atoms with Crippen LogP contribution in [-0.4, -0.2) is 10.2 Å². The van der Waals surface area contributed by atoms with Crippen LogP contribution < -0.4 is 10.5 Å². The van der Waals surface area contributed by atoms with Crippen LogP contribution >= 0.6 is 23.2 Å². The first-order valence-corrected chi connectivity index (χ1v) is 8.62. The van der Waals surface area contributed by atoms with Crippen molar-refractivity contribution in [2.24, 2.45) is 5.73 Å². The smallest absolute Gasteiger partial charge is 0.244 e. The summed E-state index contributed by atoms with van der Waals surface area (Å²) in [6.45, 7) is 0. The van der Waals surface area contributed by atoms with Gasteiger partial charge in [0.2, 0.25) is 11.8 Å². The Bertz CT molecular complexity index is 1120. The average Bonchev–Trinajstić information content (AvgIpc) is 3.07. The second-order valence-corrected chi connectivity index (χ2v) is 6.74. The average molecular weight is 401 g/mol. The van der Waals surface area contributed by atoms with Crippen molar-refractivity contribution < 1.29 is 9.13 Å². The molecule has 2 aromatic carbocycles. The van der Waals surface area contributed by atoms with E-state index in [9.17, 15) is 9.65 Å². The Morgan fingerprint density at radius 2 is 1.89 bits per heavy atom. The molecule has 5 nitrogen and oxygen atoms in total. The SMILES string of the molecule is N#CC1=C(N)Oc2n[nH]c(-c3ccc(Cl)c(Cl)c3)c2[C@@H]1c1ccc(F)cc1. The predicted molar refractivity (Wildman–Crippen MR) is 99.7 cm³/mol. The summed E-state index contributed by atoms with van der Waals surface area (Å²) in [5.41, 5.74) is 8.77. The third-order valence-corrected chi connectivity index (χ3v) is 5.09. The topological polar surface area (TPSA) is 87.7 Å². The molecular weight excluding hydrogens is 390 g/mol. The number of nitrogens with zero attached hydrogens (tertiary/aromatic N) is 2. The van der Waals surface area contributed by atoms with Crippen molar-refractivity contribution in [3.63, 3.8) is 0 Å². The number of hydrogen-bond acceptors (Lipinski definition) is 4. The lowest BCUT2D eigenvalue weighted by molar-refractivity contribution is 0.379. The number of nitrogens with two attached hydrogens (primary N) is 1. The number of aromatic nitrogens is 2. The molecule has 0 radical (unpaired) electrons. The zero-order valence-electron chi connectivity index (χ0n) is 13.6. The Labute approximate surface area is 163 Å². The zero-order chi connectivity index (χ0) is 19.1. The third kappa shape index (κ3) is 2.91. The van der Waals surface area contributed by atoms with Crippen molar-refractivity contribution in [1.29, 1.82) is 5.26 Å². The molecule has 0 fully saturated rings. The summed E-state index contributed by atoms with van der Waals surface area (Å²) in [7, 11) is 0. The number of nitriles is 1. The number of fused-ring (bicyclic) bond motifs is 1. The maximum Gasteiger partial charge on any atom is 0.244 e. The van der Waals surface area contributed by atoms with E-state index in [1.165, 1.54) is 12.1 Å². The summed E-state index contributed by atoms with van der Waals surface area (Å²) in [5, 5.41) is 17.5. The lowest BCUT2D eigenvalue weighted by Gasteiger charge is -2.24. The molecule has 0 saturated heterocycles. The molecule has 3 aromatic rings. The van der Waals surface area contributed by atoms with Gasteiger partial charge in [-0.05, 0) is 29.8 Å². The van der Waals surface area contributed by atoms with Crippen LogP contribution in [0.1, 0.15) is 17.0 Å². The number of halogens is 3. The van der Waals surface area contributed by atoms with E-state index in [4.69, 9.17) is 33.7 Å². The number of ether oxygens (including phenoxy) is 1. The fourth-order valence-electron chi connectivity index (χ4n) is 3.11. The number of aromatic amines is 1. The molecule has 0 amide bonds. The fourth-order valence-corrected chi connectivity index (χ4v) is 3.40. The van der Waals surface area contributed by atoms with Crippen molar-refractivity contribution in [1.82, 2.24) is 10.2 Å². The highest BCUT2D eigenvalue weighted by Gasteiger charge is 2.35. The van der Waals surface area contributed by atoms with Crippen molar-refractivity contribution in [3.05, 3.63) is 80.9 Å². The number of allylic oxidation sites excluding steroid dienone is 1. The number of nitrogens with one attached hydrogen (secondary N) is 1. The second-order valence-electron chi connectivity index (χ2n) is 5.92. The van der Waals surface area contributed by atoms with Crippen LogP contribution in [-0.2, 0) is 0 Å². The van der Waals surface area contributed by atoms with Gasteiger partial charge < -0.3 is 10.5 Å². The highest BCUT2D eigenvalue weighted by Crippen LogP contribution is 2.46. The first kappa shape index (κ1) is 17.4. The molecule has 4 rings (SSSR count). The standard InChI is InChI=1S/C19H11Cl2FN4O/c20-13-6-3-10(7-14(13)21)17-16-15(9-1-4-11(22)5-2-9)12(8-23)18(24)27-19(16)26-25-17/h1-7,15H,24H2,(H,25,26)/t15-/m1/s1. The second kappa shape index (κ2) is 6.62. The molecule has 0 aliphatic carbocycles. The largest absolute Gasteiger partial charge is 0.420 e. The molecular formula is C19H11Cl2FN4O. The number of benzene rings is 2. The molecule has 1 aliphatic rings. The van der Waals surface area contributed by atoms with Gasteiger partial charge in [-0.3, -0.25) is 5.10 Å². The third-order valence-electron chi connectivity index (χ3n) is 4.35. The van der Waals surface area contributed by atoms with Gasteiger partial charge in [0.15, 0.2) is 0 Å². The van der Waals surface area contributed by atoms with E-state index in [1.807, 2.05) is 0 Å². The van der Waals surface area contributed by atoms with Crippen molar-refractivity contribution in [2.45, 2.75) is 5.92 Å². The Hall–Kier alpha value is -3.01. The van der Waals surface area contributed by atoms with Crippen LogP contribution in [0, 0.1) is 17.1 Å². The molecule has 1 aliphatic heterocycles. The maximum absolute atomic E-state index is 13.4. The molecule has 134 valence electrons. The highest BCUT2D eigenvalue weighted by molar-refractivity contribution is 6.42. The minimum atomic E-state index is -0.567. The molecule has 0 unspecified atom stereocenters. The van der Waals surface area contributed by atoms with E-state index in [0.717, 1.165) is 0 Å². The molecule has 8 heteroatoms. The minimum Gasteiger partial charge on any atom is -0.420 e. The Morgan fingerprint density at radius 1 is 1.15 bits per heavy atom. The summed E-state index contributed by atoms with van der Waals surface area (Å²) < 4.78 is 18.9. The summed E-state index contributed by atoms with van der Waals surface area (Å²) in [4.78, 5) is 0. The number of rotatable bonds is 2. The number of H-pyrrole nitrogens is 1. The van der Waals surface area contributed by atoms with Gasteiger partial charge in [0.1, 0.15) is 17.5 Å². The van der Waals surface area contributed by atoms with Crippen LogP contribution in [0.3, 0.4) is 0 Å². The van der Waals surface area contributed by atoms with Gasteiger partial charge >= 0.3 is 0 Å². The summed E-state index contributed by atoms with van der Waals surface area (Å²) in [6.07, 6.45) is 0. The van der Waals surface area contributed by atoms with Gasteiger partial charge in [0, 0.05) is 5.56 Å². The molecule has 1 aromatic heterocycles. The first-order chi connectivity index (χ1) is 13.0. The van der Waals surface area contributed by atoms with Crippen LogP contribution in [0.25, 0.3) is 11.3 Å². The van der Waals surface area contributed by atoms with E-state index >= 15 is 0 Å². The molecule has 0 saturated carbocycles. The van der Waals surface area contributed by atoms with Crippen LogP contribution in [0.2, 0.25) is 10.0 Å². The molecule has 0 spiro atoms. The van der Waals surface area contributed by atoms with Crippen LogP contribution in [0.4, 0.5) is 4.39 Å². The molecule has 0 bridgehead atoms. The molecule has 2 heterocycles. The van der Waals surface area contributed by atoms with Crippen molar-refractivity contribution in [3.8, 4) is 23.2 Å². The molecule has 3 N–H and O–H groups in total. The number of hydrogen-bond donors (Lipinski definition) is 2. The lowest BCUT2D eigenvalue weighted by atomic mass is 9.83. The van der Waals surface area contributed by atoms with Crippen LogP contribution in [0.15, 0.2) is 53.9 Å². The normalized spacial score (nSPS) is 15.9. The zero-order valence-corrected chi connectivity index (χ0v) is 15.1. The highest BCUT2D eigenvalue weighted by atomic mass is 35.5. The summed E-state index contributed by atoms with van der Waals surface area (Å²) in [6, 6.07) is 13.1. The predicted octanol–water partition coefficient (Wildman–Crippen LogP) is 4.74. The monoisotopic (exact) mass is 400 g/mol. The Kier molecular flexibility index (Phi) is 4.27. The van der Waals surface area contributed by atoms with Crippen molar-refractivity contribution >= 4 is 23.2 Å². The lowest BCUT2D eigenvalue weighted by Crippen LogP contribution is -2.21. The fraction of sp³-hybridized carbons (Fsp3) is 0.0526. The first-order valence-electron chi connectivity index (χ1n) is 7.86. The van der Waals surface area contributed by atoms with Crippen LogP contribution in [0.5, 0.6) is 5.88 Å². The van der Waals surface area contributed by atoms with Crippen molar-refractivity contribution in [2.75, 3.05) is 0 Å². The van der Waals surface area contributed by atoms with E-state index in [0.29, 0.717) is 32.4 Å². The molecule has 27 heavy (non-hydrogen) atoms. The van der Waals surface area contributed by atoms with Gasteiger partial charge in [-0.15, -0.1) is 5.10 Å². The van der Waals surface area contributed by atoms with E-state index < -0.39 is 5.92 Å². The van der Waals surface area contributed by atoms with E-state index in [-0.39, 0.29) is 23.2 Å². The van der Waals surface area contributed by atoms with Gasteiger partial charge in [-0.1, -0.05) is 41.4 Å². The van der Waals surface area contributed by atoms with Gasteiger partial charge in [0.05, 0.1) is 27.2 Å². The minimum absolute atomic E-state index is 0.0356. The maximum atomic E-state index is 13.4.